The normalized spacial score (nSPS) is 12.3. The Morgan fingerprint density at radius 3 is 2.55 bits per heavy atom. The van der Waals surface area contributed by atoms with Crippen molar-refractivity contribution in [2.24, 2.45) is 0 Å². The Morgan fingerprint density at radius 2 is 1.90 bits per heavy atom. The Kier molecular flexibility index (Phi) is 4.95. The molecule has 20 heavy (non-hydrogen) atoms. The van der Waals surface area contributed by atoms with Gasteiger partial charge in [-0.15, -0.1) is 11.6 Å². The Hall–Kier alpha value is -0.770. The summed E-state index contributed by atoms with van der Waals surface area (Å²) < 4.78 is 19.7. The highest BCUT2D eigenvalue weighted by Gasteiger charge is 2.19. The van der Waals surface area contributed by atoms with E-state index in [-0.39, 0.29) is 5.82 Å². The second kappa shape index (κ2) is 6.33. The average Bonchev–Trinajstić information content (AvgIpc) is 2.42. The van der Waals surface area contributed by atoms with Gasteiger partial charge in [0.1, 0.15) is 11.6 Å². The Morgan fingerprint density at radius 1 is 1.20 bits per heavy atom. The van der Waals surface area contributed by atoms with Gasteiger partial charge in [0, 0.05) is 15.1 Å². The van der Waals surface area contributed by atoms with Gasteiger partial charge in [-0.05, 0) is 42.3 Å². The molecule has 0 bridgehead atoms. The van der Waals surface area contributed by atoms with E-state index in [1.807, 2.05) is 18.2 Å². The zero-order valence-electron chi connectivity index (χ0n) is 10.9. The van der Waals surface area contributed by atoms with E-state index in [9.17, 15) is 4.39 Å². The highest BCUT2D eigenvalue weighted by atomic mass is 79.9. The van der Waals surface area contributed by atoms with Crippen molar-refractivity contribution < 1.29 is 9.13 Å². The third-order valence-electron chi connectivity index (χ3n) is 3.02. The van der Waals surface area contributed by atoms with Gasteiger partial charge in [0.2, 0.25) is 0 Å². The van der Waals surface area contributed by atoms with Crippen LogP contribution in [0, 0.1) is 12.7 Å². The molecule has 0 spiro atoms. The molecule has 0 amide bonds. The number of ether oxygens (including phenoxy) is 1. The molecular formula is C15H12BrCl2FO. The number of halogens is 4. The summed E-state index contributed by atoms with van der Waals surface area (Å²) in [5, 5.41) is -0.206. The van der Waals surface area contributed by atoms with Gasteiger partial charge in [0.15, 0.2) is 0 Å². The highest BCUT2D eigenvalue weighted by Crippen LogP contribution is 2.39. The summed E-state index contributed by atoms with van der Waals surface area (Å²) in [5.41, 5.74) is 1.95. The summed E-state index contributed by atoms with van der Waals surface area (Å²) in [6, 6.07) is 8.51. The molecule has 2 rings (SSSR count). The minimum atomic E-state index is -0.509. The quantitative estimate of drug-likeness (QED) is 0.606. The first-order valence-corrected chi connectivity index (χ1v) is 7.48. The maximum Gasteiger partial charge on any atom is 0.127 e. The number of alkyl halides is 1. The van der Waals surface area contributed by atoms with Crippen LogP contribution < -0.4 is 4.74 Å². The first kappa shape index (κ1) is 15.6. The lowest BCUT2D eigenvalue weighted by Crippen LogP contribution is -2.00. The van der Waals surface area contributed by atoms with Gasteiger partial charge in [-0.1, -0.05) is 33.6 Å². The molecule has 2 aromatic rings. The minimum Gasteiger partial charge on any atom is -0.496 e. The van der Waals surface area contributed by atoms with Crippen LogP contribution in [0.3, 0.4) is 0 Å². The Bertz CT molecular complexity index is 646. The highest BCUT2D eigenvalue weighted by molar-refractivity contribution is 9.10. The molecule has 0 N–H and O–H groups in total. The van der Waals surface area contributed by atoms with Gasteiger partial charge in [-0.2, -0.15) is 0 Å². The Labute approximate surface area is 135 Å². The molecule has 1 nitrogen and oxygen atoms in total. The summed E-state index contributed by atoms with van der Waals surface area (Å²) in [6.07, 6.45) is 0. The van der Waals surface area contributed by atoms with E-state index in [0.29, 0.717) is 21.9 Å². The molecule has 0 aromatic heterocycles. The van der Waals surface area contributed by atoms with Crippen LogP contribution in [0.2, 0.25) is 5.02 Å². The number of methoxy groups -OCH3 is 1. The lowest BCUT2D eigenvalue weighted by Gasteiger charge is -2.16. The molecule has 5 heteroatoms. The molecule has 0 aliphatic carbocycles. The summed E-state index contributed by atoms with van der Waals surface area (Å²) in [4.78, 5) is 0. The molecular weight excluding hydrogens is 366 g/mol. The van der Waals surface area contributed by atoms with Crippen molar-refractivity contribution in [1.82, 2.24) is 0 Å². The fourth-order valence-electron chi connectivity index (χ4n) is 1.94. The zero-order chi connectivity index (χ0) is 14.9. The summed E-state index contributed by atoms with van der Waals surface area (Å²) in [5.74, 6) is 0.308. The summed E-state index contributed by atoms with van der Waals surface area (Å²) in [6.45, 7) is 1.68. The lowest BCUT2D eigenvalue weighted by molar-refractivity contribution is 0.410. The molecule has 1 unspecified atom stereocenters. The van der Waals surface area contributed by atoms with Gasteiger partial charge in [-0.25, -0.2) is 4.39 Å². The minimum absolute atomic E-state index is 0.304. The molecule has 1 atom stereocenters. The summed E-state index contributed by atoms with van der Waals surface area (Å²) >= 11 is 16.0. The van der Waals surface area contributed by atoms with Gasteiger partial charge in [0.25, 0.3) is 0 Å². The third kappa shape index (κ3) is 3.11. The lowest BCUT2D eigenvalue weighted by atomic mass is 10.0. The molecule has 0 aliphatic heterocycles. The standard InChI is InChI=1S/C15H12BrCl2FO/c1-8-5-11(12(17)7-13(8)19)15(18)10-4-3-9(16)6-14(10)20-2/h3-7,15H,1-2H3. The molecule has 0 saturated heterocycles. The second-order valence-electron chi connectivity index (χ2n) is 4.37. The Balaban J connectivity index is 2.51. The van der Waals surface area contributed by atoms with Crippen LogP contribution >= 0.6 is 39.1 Å². The molecule has 0 aliphatic rings. The van der Waals surface area contributed by atoms with E-state index >= 15 is 0 Å². The van der Waals surface area contributed by atoms with Crippen LogP contribution in [0.15, 0.2) is 34.8 Å². The fraction of sp³-hybridized carbons (Fsp3) is 0.200. The third-order valence-corrected chi connectivity index (χ3v) is 4.31. The van der Waals surface area contributed by atoms with E-state index < -0.39 is 5.38 Å². The van der Waals surface area contributed by atoms with Crippen LogP contribution in [0.4, 0.5) is 4.39 Å². The number of aryl methyl sites for hydroxylation is 1. The SMILES string of the molecule is COc1cc(Br)ccc1C(Cl)c1cc(C)c(F)cc1Cl. The predicted octanol–water partition coefficient (Wildman–Crippen LogP) is 5.89. The maximum absolute atomic E-state index is 13.5. The van der Waals surface area contributed by atoms with Gasteiger partial charge < -0.3 is 4.74 Å². The monoisotopic (exact) mass is 376 g/mol. The molecule has 106 valence electrons. The van der Waals surface area contributed by atoms with E-state index in [4.69, 9.17) is 27.9 Å². The topological polar surface area (TPSA) is 9.23 Å². The van der Waals surface area contributed by atoms with Gasteiger partial charge >= 0.3 is 0 Å². The van der Waals surface area contributed by atoms with Crippen molar-refractivity contribution in [2.75, 3.05) is 7.11 Å². The maximum atomic E-state index is 13.5. The van der Waals surface area contributed by atoms with Crippen LogP contribution in [0.1, 0.15) is 22.1 Å². The molecule has 0 fully saturated rings. The second-order valence-corrected chi connectivity index (χ2v) is 6.13. The van der Waals surface area contributed by atoms with Gasteiger partial charge in [0.05, 0.1) is 12.5 Å². The van der Waals surface area contributed by atoms with Crippen LogP contribution in [0.5, 0.6) is 5.75 Å². The van der Waals surface area contributed by atoms with E-state index in [1.54, 1.807) is 20.1 Å². The van der Waals surface area contributed by atoms with E-state index in [1.165, 1.54) is 6.07 Å². The number of hydrogen-bond acceptors (Lipinski definition) is 1. The number of benzene rings is 2. The first-order valence-electron chi connectivity index (χ1n) is 5.87. The average molecular weight is 378 g/mol. The van der Waals surface area contributed by atoms with Crippen LogP contribution in [-0.4, -0.2) is 7.11 Å². The van der Waals surface area contributed by atoms with Crippen molar-refractivity contribution in [3.05, 3.63) is 62.3 Å². The number of rotatable bonds is 3. The van der Waals surface area contributed by atoms with Crippen molar-refractivity contribution in [3.8, 4) is 5.75 Å². The van der Waals surface area contributed by atoms with Crippen LogP contribution in [-0.2, 0) is 0 Å². The molecule has 0 radical (unpaired) electrons. The molecule has 2 aromatic carbocycles. The van der Waals surface area contributed by atoms with E-state index in [0.717, 1.165) is 10.0 Å². The predicted molar refractivity (Wildman–Crippen MR) is 84.5 cm³/mol. The van der Waals surface area contributed by atoms with Crippen molar-refractivity contribution >= 4 is 39.1 Å². The largest absolute Gasteiger partial charge is 0.496 e. The summed E-state index contributed by atoms with van der Waals surface area (Å²) in [7, 11) is 1.58. The van der Waals surface area contributed by atoms with Gasteiger partial charge in [-0.3, -0.25) is 0 Å². The van der Waals surface area contributed by atoms with Crippen LogP contribution in [0.25, 0.3) is 0 Å². The fourth-order valence-corrected chi connectivity index (χ4v) is 2.95. The molecule has 0 saturated carbocycles. The van der Waals surface area contributed by atoms with Crippen molar-refractivity contribution in [2.45, 2.75) is 12.3 Å². The van der Waals surface area contributed by atoms with Crippen molar-refractivity contribution in [1.29, 1.82) is 0 Å². The zero-order valence-corrected chi connectivity index (χ0v) is 14.0. The van der Waals surface area contributed by atoms with E-state index in [2.05, 4.69) is 15.9 Å². The number of hydrogen-bond donors (Lipinski definition) is 0. The smallest absolute Gasteiger partial charge is 0.127 e. The molecule has 0 heterocycles. The van der Waals surface area contributed by atoms with Crippen molar-refractivity contribution in [3.63, 3.8) is 0 Å². The first-order chi connectivity index (χ1) is 9.43.